The molecule has 1 aromatic rings. The molecule has 1 amide bonds. The molecular weight excluding hydrogens is 809 g/mol. The number of esters is 1. The number of ether oxygens (including phenoxy) is 2. The fourth-order valence-corrected chi connectivity index (χ4v) is 14.9. The lowest BCUT2D eigenvalue weighted by Gasteiger charge is -2.42. The van der Waals surface area contributed by atoms with E-state index in [0.29, 0.717) is 93.6 Å². The summed E-state index contributed by atoms with van der Waals surface area (Å²) in [6.07, 6.45) is 22.2. The van der Waals surface area contributed by atoms with Crippen LogP contribution in [0.5, 0.6) is 11.5 Å². The van der Waals surface area contributed by atoms with Crippen LogP contribution in [0.1, 0.15) is 146 Å². The van der Waals surface area contributed by atoms with Crippen LogP contribution < -0.4 is 26.8 Å². The average molecular weight is 879 g/mol. The van der Waals surface area contributed by atoms with Gasteiger partial charge in [0.2, 0.25) is 5.91 Å². The Bertz CT molecular complexity index is 1870. The predicted octanol–water partition coefficient (Wildman–Crippen LogP) is 7.24. The average Bonchev–Trinajstić information content (AvgIpc) is 3.91. The summed E-state index contributed by atoms with van der Waals surface area (Å²) in [5, 5.41) is 30.6. The summed E-state index contributed by atoms with van der Waals surface area (Å²) < 4.78 is 13.0. The van der Waals surface area contributed by atoms with Gasteiger partial charge in [-0.1, -0.05) is 53.3 Å². The number of amides is 1. The molecule has 5 aliphatic heterocycles. The first-order valence-electron chi connectivity index (χ1n) is 23.4. The normalized spacial score (nSPS) is 32.6. The number of nitrogens with zero attached hydrogens (tertiary/aromatic N) is 2. The van der Waals surface area contributed by atoms with Crippen molar-refractivity contribution in [2.75, 3.05) is 25.4 Å². The van der Waals surface area contributed by atoms with Crippen LogP contribution in [-0.4, -0.2) is 81.0 Å². The van der Waals surface area contributed by atoms with Crippen LogP contribution in [0.3, 0.4) is 0 Å². The van der Waals surface area contributed by atoms with E-state index in [1.165, 1.54) is 6.92 Å². The highest BCUT2D eigenvalue weighted by Gasteiger charge is 2.45. The zero-order valence-corrected chi connectivity index (χ0v) is 38.0. The topological polar surface area (TPSA) is 185 Å². The van der Waals surface area contributed by atoms with Crippen molar-refractivity contribution < 1.29 is 29.3 Å². The molecule has 0 aromatic heterocycles. The molecule has 8 aliphatic rings. The van der Waals surface area contributed by atoms with Crippen LogP contribution in [0.4, 0.5) is 0 Å². The summed E-state index contributed by atoms with van der Waals surface area (Å²) in [7, 11) is 3.83. The molecule has 3 saturated carbocycles. The number of phenols is 1. The largest absolute Gasteiger partial charge is 0.504 e. The maximum atomic E-state index is 14.2. The van der Waals surface area contributed by atoms with Crippen molar-refractivity contribution in [3.8, 4) is 11.5 Å². The van der Waals surface area contributed by atoms with Gasteiger partial charge >= 0.3 is 5.97 Å². The Morgan fingerprint density at radius 1 is 1.00 bits per heavy atom. The number of carbonyl (C=O) groups is 2. The number of aliphatic imine (C=N–C) groups is 1. The highest BCUT2D eigenvalue weighted by molar-refractivity contribution is 8.77. The smallest absolute Gasteiger partial charge is 0.303 e. The maximum Gasteiger partial charge on any atom is 0.303 e. The fraction of sp³-hybridized carbons (Fsp3) is 0.723. The van der Waals surface area contributed by atoms with Gasteiger partial charge in [0, 0.05) is 68.2 Å². The predicted molar refractivity (Wildman–Crippen MR) is 244 cm³/mol. The fourth-order valence-electron chi connectivity index (χ4n) is 11.8. The number of fused-ring (bicyclic) bond motifs is 14. The molecule has 3 aliphatic carbocycles. The van der Waals surface area contributed by atoms with E-state index in [1.807, 2.05) is 32.6 Å². The molecule has 1 aromatic carbocycles. The van der Waals surface area contributed by atoms with E-state index < -0.39 is 17.1 Å². The van der Waals surface area contributed by atoms with E-state index in [9.17, 15) is 19.8 Å². The number of allylic oxidation sites excluding steroid dienone is 2. The van der Waals surface area contributed by atoms with Crippen LogP contribution in [0.2, 0.25) is 0 Å². The number of nitrogens with two attached hydrogens (primary N) is 2. The summed E-state index contributed by atoms with van der Waals surface area (Å²) in [6, 6.07) is 2.09. The van der Waals surface area contributed by atoms with Crippen molar-refractivity contribution in [1.29, 1.82) is 0 Å². The van der Waals surface area contributed by atoms with Gasteiger partial charge in [0.15, 0.2) is 17.5 Å². The van der Waals surface area contributed by atoms with Crippen LogP contribution in [-0.2, 0) is 33.7 Å². The summed E-state index contributed by atoms with van der Waals surface area (Å²) in [4.78, 5) is 33.6. The molecule has 0 unspecified atom stereocenters. The van der Waals surface area contributed by atoms with E-state index in [4.69, 9.17) is 25.9 Å². The van der Waals surface area contributed by atoms with E-state index >= 15 is 0 Å². The lowest BCUT2D eigenvalue weighted by molar-refractivity contribution is -0.168. The van der Waals surface area contributed by atoms with Gasteiger partial charge in [0.1, 0.15) is 11.7 Å². The van der Waals surface area contributed by atoms with Crippen LogP contribution >= 0.6 is 21.6 Å². The highest BCUT2D eigenvalue weighted by atomic mass is 33.1. The van der Waals surface area contributed by atoms with E-state index in [1.54, 1.807) is 0 Å². The molecule has 336 valence electrons. The molecule has 6 bridgehead atoms. The number of aliphatic hydroxyl groups is 1. The number of benzene rings is 1. The van der Waals surface area contributed by atoms with Crippen LogP contribution in [0.15, 0.2) is 34.6 Å². The van der Waals surface area contributed by atoms with Gasteiger partial charge < -0.3 is 46.7 Å². The van der Waals surface area contributed by atoms with Gasteiger partial charge in [-0.05, 0) is 131 Å². The molecule has 6 atom stereocenters. The van der Waals surface area contributed by atoms with Crippen molar-refractivity contribution >= 4 is 39.4 Å². The van der Waals surface area contributed by atoms with E-state index in [-0.39, 0.29) is 41.1 Å². The second-order valence-electron chi connectivity index (χ2n) is 19.5. The standard InChI is InChI=1S/C47H70N6O6S2/c1-31(54)59-46-18-13-33(38(55)27-46)8-3-2-6-23-60-61-47(16-4-5-17-47)52-44(49)51-22-20-45(26-32-15-21-50-40(48)24-32)28-41(56)53(30-45)29-36-25-35(14-19-46)37-12-11-34-9-7-10-39(34)58-43(37)42(36)57/h15,24-25,33-34,38-39,50,55,57H,2-14,16-23,26-30,48H2,1H3,(H3,49,51,52)/t33-,34-,38-,39-,45+,46-/m1/s1. The summed E-state index contributed by atoms with van der Waals surface area (Å²) in [6.45, 7) is 3.37. The first-order valence-corrected chi connectivity index (χ1v) is 25.7. The number of rotatable bonds is 3. The van der Waals surface area contributed by atoms with Gasteiger partial charge in [-0.15, -0.1) is 0 Å². The summed E-state index contributed by atoms with van der Waals surface area (Å²) >= 11 is 0. The molecule has 8 N–H and O–H groups in total. The number of aryl methyl sites for hydroxylation is 1. The van der Waals surface area contributed by atoms with Crippen molar-refractivity contribution in [2.45, 2.75) is 171 Å². The number of dihydropyridines is 1. The van der Waals surface area contributed by atoms with Crippen LogP contribution in [0, 0.1) is 17.3 Å². The molecule has 1 spiro atoms. The molecule has 1 saturated heterocycles. The number of aromatic hydroxyl groups is 1. The quantitative estimate of drug-likeness (QED) is 0.132. The first-order chi connectivity index (χ1) is 29.4. The number of phenolic OH excluding ortho intramolecular Hbond substituents is 1. The van der Waals surface area contributed by atoms with Crippen molar-refractivity contribution in [3.63, 3.8) is 0 Å². The lowest BCUT2D eigenvalue weighted by atomic mass is 9.72. The monoisotopic (exact) mass is 878 g/mol. The Balaban J connectivity index is 1.11. The number of hydrogen-bond donors (Lipinski definition) is 6. The summed E-state index contributed by atoms with van der Waals surface area (Å²) in [5.74, 6) is 3.20. The Morgan fingerprint density at radius 2 is 1.84 bits per heavy atom. The third kappa shape index (κ3) is 10.6. The molecule has 9 rings (SSSR count). The third-order valence-electron chi connectivity index (χ3n) is 15.0. The van der Waals surface area contributed by atoms with Crippen molar-refractivity contribution in [2.24, 2.45) is 33.7 Å². The third-order valence-corrected chi connectivity index (χ3v) is 18.2. The van der Waals surface area contributed by atoms with Gasteiger partial charge in [-0.2, -0.15) is 0 Å². The Hall–Kier alpha value is -3.23. The first kappa shape index (κ1) is 44.4. The van der Waals surface area contributed by atoms with Gasteiger partial charge in [0.05, 0.1) is 16.8 Å². The molecule has 61 heavy (non-hydrogen) atoms. The Kier molecular flexibility index (Phi) is 14.0. The van der Waals surface area contributed by atoms with E-state index in [2.05, 4.69) is 22.8 Å². The zero-order chi connectivity index (χ0) is 42.6. The van der Waals surface area contributed by atoms with Crippen molar-refractivity contribution in [3.05, 3.63) is 46.3 Å². The van der Waals surface area contributed by atoms with Gasteiger partial charge in [-0.3, -0.25) is 14.6 Å². The maximum absolute atomic E-state index is 14.2. The number of guanidine groups is 1. The number of hydrogen-bond acceptors (Lipinski definition) is 13. The SMILES string of the molecule is CC(=O)O[C@@]12CCc3cc(c(O)c4c3CC[C@H]3CCC[C@H]3O4)CN3C[C@](CC4=CCNC(N)=C4)(CCN=C(N)NC4(CCCC4)SSCCCCC[C@H](CC1)[C@H](O)C2)CC3=O. The number of aliphatic hydroxyl groups excluding tert-OH is 1. The molecular formula is C47H70N6O6S2. The minimum absolute atomic E-state index is 0.0458. The molecule has 4 fully saturated rings. The summed E-state index contributed by atoms with van der Waals surface area (Å²) in [5.41, 5.74) is 15.6. The molecule has 5 heterocycles. The molecule has 0 radical (unpaired) electrons. The van der Waals surface area contributed by atoms with Crippen LogP contribution in [0.25, 0.3) is 0 Å². The Morgan fingerprint density at radius 3 is 2.64 bits per heavy atom. The van der Waals surface area contributed by atoms with Gasteiger partial charge in [-0.25, -0.2) is 0 Å². The van der Waals surface area contributed by atoms with Crippen molar-refractivity contribution in [1.82, 2.24) is 15.5 Å². The van der Waals surface area contributed by atoms with Gasteiger partial charge in [0.25, 0.3) is 0 Å². The molecule has 12 nitrogen and oxygen atoms in total. The number of nitrogens with one attached hydrogen (secondary N) is 2. The second kappa shape index (κ2) is 19.3. The minimum atomic E-state index is -0.768. The lowest BCUT2D eigenvalue weighted by Crippen LogP contribution is -2.47. The minimum Gasteiger partial charge on any atom is -0.504 e. The number of carbonyl (C=O) groups excluding carboxylic acids is 2. The zero-order valence-electron chi connectivity index (χ0n) is 36.3. The highest BCUT2D eigenvalue weighted by Crippen LogP contribution is 2.49. The molecule has 14 heteroatoms. The Labute approximate surface area is 370 Å². The van der Waals surface area contributed by atoms with E-state index in [0.717, 1.165) is 112 Å². The second-order valence-corrected chi connectivity index (χ2v) is 22.3.